The van der Waals surface area contributed by atoms with Gasteiger partial charge in [-0.2, -0.15) is 4.31 Å². The summed E-state index contributed by atoms with van der Waals surface area (Å²) in [5.41, 5.74) is 0. The molecule has 2 saturated heterocycles. The van der Waals surface area contributed by atoms with Crippen LogP contribution < -0.4 is 5.32 Å². The molecule has 3 atom stereocenters. The highest BCUT2D eigenvalue weighted by atomic mass is 32.2. The molecule has 3 unspecified atom stereocenters. The molecule has 1 aromatic rings. The van der Waals surface area contributed by atoms with Gasteiger partial charge in [0.1, 0.15) is 16.5 Å². The number of fused-ring (bicyclic) bond motifs is 1. The minimum atomic E-state index is -3.93. The van der Waals surface area contributed by atoms with Crippen LogP contribution in [0.2, 0.25) is 0 Å². The van der Waals surface area contributed by atoms with E-state index in [2.05, 4.69) is 5.32 Å². The number of sulfonamides is 1. The van der Waals surface area contributed by atoms with Crippen molar-refractivity contribution in [2.45, 2.75) is 24.3 Å². The van der Waals surface area contributed by atoms with Crippen molar-refractivity contribution in [1.29, 1.82) is 0 Å². The van der Waals surface area contributed by atoms with E-state index in [-0.39, 0.29) is 17.9 Å². The zero-order valence-corrected chi connectivity index (χ0v) is 12.5. The molecule has 2 aliphatic heterocycles. The second-order valence-electron chi connectivity index (χ2n) is 5.71. The summed E-state index contributed by atoms with van der Waals surface area (Å²) in [6.07, 6.45) is 0.685. The fourth-order valence-corrected chi connectivity index (χ4v) is 5.42. The van der Waals surface area contributed by atoms with Crippen LogP contribution >= 0.6 is 0 Å². The van der Waals surface area contributed by atoms with Crippen molar-refractivity contribution in [3.05, 3.63) is 29.8 Å². The molecule has 0 amide bonds. The molecule has 4 nitrogen and oxygen atoms in total. The lowest BCUT2D eigenvalue weighted by atomic mass is 9.93. The van der Waals surface area contributed by atoms with Gasteiger partial charge >= 0.3 is 0 Å². The van der Waals surface area contributed by atoms with E-state index in [1.165, 1.54) is 4.31 Å². The third-order valence-electron chi connectivity index (χ3n) is 4.57. The van der Waals surface area contributed by atoms with E-state index >= 15 is 0 Å². The first-order chi connectivity index (χ1) is 9.95. The van der Waals surface area contributed by atoms with Crippen LogP contribution in [0.15, 0.2) is 23.1 Å². The van der Waals surface area contributed by atoms with E-state index in [0.29, 0.717) is 19.0 Å². The molecule has 2 aliphatic rings. The van der Waals surface area contributed by atoms with Crippen molar-refractivity contribution in [2.75, 3.05) is 19.6 Å². The number of rotatable bonds is 3. The van der Waals surface area contributed by atoms with Gasteiger partial charge in [0.15, 0.2) is 0 Å². The zero-order chi connectivity index (χ0) is 15.2. The van der Waals surface area contributed by atoms with Gasteiger partial charge in [0, 0.05) is 18.7 Å². The average Bonchev–Trinajstić information content (AvgIpc) is 2.97. The molecule has 2 heterocycles. The van der Waals surface area contributed by atoms with Gasteiger partial charge in [-0.3, -0.25) is 0 Å². The predicted octanol–water partition coefficient (Wildman–Crippen LogP) is 1.58. The van der Waals surface area contributed by atoms with Crippen molar-refractivity contribution in [3.63, 3.8) is 0 Å². The normalized spacial score (nSPS) is 29.8. The number of benzene rings is 1. The van der Waals surface area contributed by atoms with E-state index in [1.54, 1.807) is 0 Å². The smallest absolute Gasteiger partial charge is 0.246 e. The lowest BCUT2D eigenvalue weighted by molar-refractivity contribution is 0.327. The van der Waals surface area contributed by atoms with Crippen molar-refractivity contribution in [1.82, 2.24) is 9.62 Å². The van der Waals surface area contributed by atoms with Gasteiger partial charge in [0.25, 0.3) is 0 Å². The van der Waals surface area contributed by atoms with E-state index in [1.807, 2.05) is 6.92 Å². The standard InChI is InChI=1S/C14H18F2N2O2S/c1-2-13-11-7-17-6-9(11)8-18(13)21(19,20)14-4-3-10(15)5-12(14)16/h3-5,9,11,13,17H,2,6-8H2,1H3. The summed E-state index contributed by atoms with van der Waals surface area (Å²) in [7, 11) is -3.93. The Morgan fingerprint density at radius 3 is 2.76 bits per heavy atom. The first kappa shape index (κ1) is 14.9. The third kappa shape index (κ3) is 2.37. The lowest BCUT2D eigenvalue weighted by Crippen LogP contribution is -2.39. The minimum absolute atomic E-state index is 0.126. The fraction of sp³-hybridized carbons (Fsp3) is 0.571. The molecule has 0 spiro atoms. The van der Waals surface area contributed by atoms with Crippen LogP contribution in [-0.4, -0.2) is 38.4 Å². The zero-order valence-electron chi connectivity index (χ0n) is 11.7. The SMILES string of the molecule is CCC1C2CNCC2CN1S(=O)(=O)c1ccc(F)cc1F. The molecule has 21 heavy (non-hydrogen) atoms. The Hall–Kier alpha value is -1.05. The van der Waals surface area contributed by atoms with Gasteiger partial charge in [-0.1, -0.05) is 6.92 Å². The summed E-state index contributed by atoms with van der Waals surface area (Å²) in [4.78, 5) is -0.435. The molecule has 116 valence electrons. The molecule has 0 radical (unpaired) electrons. The molecule has 3 rings (SSSR count). The van der Waals surface area contributed by atoms with Gasteiger partial charge < -0.3 is 5.32 Å². The maximum atomic E-state index is 13.9. The quantitative estimate of drug-likeness (QED) is 0.921. The van der Waals surface area contributed by atoms with Crippen LogP contribution in [0.4, 0.5) is 8.78 Å². The van der Waals surface area contributed by atoms with Crippen molar-refractivity contribution >= 4 is 10.0 Å². The minimum Gasteiger partial charge on any atom is -0.316 e. The van der Waals surface area contributed by atoms with Crippen LogP contribution in [0.25, 0.3) is 0 Å². The Balaban J connectivity index is 1.98. The lowest BCUT2D eigenvalue weighted by Gasteiger charge is -2.26. The molecular weight excluding hydrogens is 298 g/mol. The first-order valence-corrected chi connectivity index (χ1v) is 8.56. The van der Waals surface area contributed by atoms with Gasteiger partial charge in [0.2, 0.25) is 10.0 Å². The number of hydrogen-bond acceptors (Lipinski definition) is 3. The summed E-state index contributed by atoms with van der Waals surface area (Å²) in [5, 5.41) is 3.27. The average molecular weight is 316 g/mol. The van der Waals surface area contributed by atoms with E-state index in [9.17, 15) is 17.2 Å². The Kier molecular flexibility index (Phi) is 3.75. The van der Waals surface area contributed by atoms with Gasteiger partial charge in [-0.05, 0) is 43.5 Å². The Labute approximate surface area is 123 Å². The third-order valence-corrected chi connectivity index (χ3v) is 6.49. The molecule has 0 bridgehead atoms. The van der Waals surface area contributed by atoms with E-state index < -0.39 is 26.6 Å². The maximum absolute atomic E-state index is 13.9. The van der Waals surface area contributed by atoms with E-state index in [0.717, 1.165) is 25.2 Å². The number of nitrogens with one attached hydrogen (secondary N) is 1. The number of hydrogen-bond donors (Lipinski definition) is 1. The molecular formula is C14H18F2N2O2S. The maximum Gasteiger partial charge on any atom is 0.246 e. The Bertz CT molecular complexity index is 650. The monoisotopic (exact) mass is 316 g/mol. The van der Waals surface area contributed by atoms with E-state index in [4.69, 9.17) is 0 Å². The fourth-order valence-electron chi connectivity index (χ4n) is 3.58. The highest BCUT2D eigenvalue weighted by Crippen LogP contribution is 2.38. The highest BCUT2D eigenvalue weighted by Gasteiger charge is 2.48. The van der Waals surface area contributed by atoms with Crippen LogP contribution in [0.1, 0.15) is 13.3 Å². The summed E-state index contributed by atoms with van der Waals surface area (Å²) < 4.78 is 53.7. The predicted molar refractivity (Wildman–Crippen MR) is 74.2 cm³/mol. The Morgan fingerprint density at radius 2 is 2.10 bits per heavy atom. The van der Waals surface area contributed by atoms with Crippen LogP contribution in [-0.2, 0) is 10.0 Å². The second-order valence-corrected chi connectivity index (χ2v) is 7.57. The van der Waals surface area contributed by atoms with Crippen molar-refractivity contribution < 1.29 is 17.2 Å². The number of halogens is 2. The van der Waals surface area contributed by atoms with Gasteiger partial charge in [-0.15, -0.1) is 0 Å². The van der Waals surface area contributed by atoms with Gasteiger partial charge in [-0.25, -0.2) is 17.2 Å². The van der Waals surface area contributed by atoms with Crippen LogP contribution in [0.3, 0.4) is 0 Å². The van der Waals surface area contributed by atoms with Crippen molar-refractivity contribution in [3.8, 4) is 0 Å². The number of nitrogens with zero attached hydrogens (tertiary/aromatic N) is 1. The topological polar surface area (TPSA) is 49.4 Å². The molecule has 2 fully saturated rings. The molecule has 0 aromatic heterocycles. The summed E-state index contributed by atoms with van der Waals surface area (Å²) in [5.74, 6) is -1.26. The summed E-state index contributed by atoms with van der Waals surface area (Å²) >= 11 is 0. The largest absolute Gasteiger partial charge is 0.316 e. The van der Waals surface area contributed by atoms with Crippen molar-refractivity contribution in [2.24, 2.45) is 11.8 Å². The first-order valence-electron chi connectivity index (χ1n) is 7.12. The van der Waals surface area contributed by atoms with Crippen LogP contribution in [0.5, 0.6) is 0 Å². The van der Waals surface area contributed by atoms with Crippen LogP contribution in [0, 0.1) is 23.5 Å². The molecule has 0 aliphatic carbocycles. The molecule has 1 aromatic carbocycles. The summed E-state index contributed by atoms with van der Waals surface area (Å²) in [6.45, 7) is 3.92. The molecule has 0 saturated carbocycles. The van der Waals surface area contributed by atoms with Gasteiger partial charge in [0.05, 0.1) is 0 Å². The molecule has 7 heteroatoms. The highest BCUT2D eigenvalue weighted by molar-refractivity contribution is 7.89. The Morgan fingerprint density at radius 1 is 1.33 bits per heavy atom. The summed E-state index contributed by atoms with van der Waals surface area (Å²) in [6, 6.07) is 2.49. The molecule has 1 N–H and O–H groups in total. The second kappa shape index (κ2) is 5.30.